The van der Waals surface area contributed by atoms with Gasteiger partial charge in [0.15, 0.2) is 0 Å². The van der Waals surface area contributed by atoms with Gasteiger partial charge in [0.05, 0.1) is 24.0 Å². The molecule has 112 valence electrons. The lowest BCUT2D eigenvalue weighted by Crippen LogP contribution is -2.33. The monoisotopic (exact) mass is 289 g/mol. The molecule has 0 saturated carbocycles. The first-order chi connectivity index (χ1) is 10.1. The maximum Gasteiger partial charge on any atom is 0.325 e. The highest BCUT2D eigenvalue weighted by Gasteiger charge is 2.14. The molecule has 0 saturated heterocycles. The Morgan fingerprint density at radius 1 is 1.33 bits per heavy atom. The van der Waals surface area contributed by atoms with Crippen molar-refractivity contribution in [2.75, 3.05) is 20.2 Å². The highest BCUT2D eigenvalue weighted by atomic mass is 16.5. The number of aromatic nitrogens is 2. The van der Waals surface area contributed by atoms with Crippen LogP contribution in [0.5, 0.6) is 0 Å². The van der Waals surface area contributed by atoms with E-state index in [4.69, 9.17) is 4.74 Å². The molecule has 0 bridgehead atoms. The fourth-order valence-electron chi connectivity index (χ4n) is 2.08. The van der Waals surface area contributed by atoms with Gasteiger partial charge in [-0.1, -0.05) is 12.1 Å². The third-order valence-corrected chi connectivity index (χ3v) is 3.19. The van der Waals surface area contributed by atoms with Gasteiger partial charge in [0.25, 0.3) is 0 Å². The first kappa shape index (κ1) is 15.0. The summed E-state index contributed by atoms with van der Waals surface area (Å²) >= 11 is 0. The average Bonchev–Trinajstić information content (AvgIpc) is 2.88. The number of hydrogen-bond acceptors (Lipinski definition) is 4. The fraction of sp³-hybridized carbons (Fsp3) is 0.400. The SMILES string of the molecule is CCOC(=O)CN(C)C(=O)CCn1cnc2ccccc21. The summed E-state index contributed by atoms with van der Waals surface area (Å²) in [5, 5.41) is 0. The minimum absolute atomic E-state index is 0.0165. The Kier molecular flexibility index (Phi) is 4.92. The van der Waals surface area contributed by atoms with Gasteiger partial charge < -0.3 is 14.2 Å². The summed E-state index contributed by atoms with van der Waals surface area (Å²) in [7, 11) is 1.60. The number of amides is 1. The zero-order valence-corrected chi connectivity index (χ0v) is 12.3. The third kappa shape index (κ3) is 3.81. The molecule has 1 heterocycles. The molecular formula is C15H19N3O3. The van der Waals surface area contributed by atoms with Gasteiger partial charge >= 0.3 is 5.97 Å². The number of esters is 1. The Balaban J connectivity index is 1.90. The first-order valence-corrected chi connectivity index (χ1v) is 6.91. The van der Waals surface area contributed by atoms with Crippen molar-refractivity contribution < 1.29 is 14.3 Å². The predicted molar refractivity (Wildman–Crippen MR) is 78.6 cm³/mol. The van der Waals surface area contributed by atoms with Crippen molar-refractivity contribution >= 4 is 22.9 Å². The van der Waals surface area contributed by atoms with Crippen LogP contribution < -0.4 is 0 Å². The molecule has 0 aliphatic heterocycles. The van der Waals surface area contributed by atoms with Crippen LogP contribution in [0.15, 0.2) is 30.6 Å². The van der Waals surface area contributed by atoms with E-state index in [0.29, 0.717) is 19.6 Å². The van der Waals surface area contributed by atoms with Crippen molar-refractivity contribution in [2.24, 2.45) is 0 Å². The fourth-order valence-corrected chi connectivity index (χ4v) is 2.08. The summed E-state index contributed by atoms with van der Waals surface area (Å²) in [6.07, 6.45) is 2.04. The van der Waals surface area contributed by atoms with Crippen LogP contribution in [0.1, 0.15) is 13.3 Å². The van der Waals surface area contributed by atoms with Gasteiger partial charge in [-0.25, -0.2) is 4.98 Å². The maximum atomic E-state index is 12.0. The van der Waals surface area contributed by atoms with Crippen molar-refractivity contribution in [3.8, 4) is 0 Å². The summed E-state index contributed by atoms with van der Waals surface area (Å²) in [5.74, 6) is -0.484. The molecule has 1 amide bonds. The zero-order chi connectivity index (χ0) is 15.2. The molecule has 0 N–H and O–H groups in total. The van der Waals surface area contributed by atoms with Gasteiger partial charge in [0.1, 0.15) is 6.54 Å². The van der Waals surface area contributed by atoms with Crippen LogP contribution in [0.2, 0.25) is 0 Å². The zero-order valence-electron chi connectivity index (χ0n) is 12.3. The van der Waals surface area contributed by atoms with E-state index in [0.717, 1.165) is 11.0 Å². The lowest BCUT2D eigenvalue weighted by atomic mass is 10.3. The van der Waals surface area contributed by atoms with Gasteiger partial charge in [-0.3, -0.25) is 9.59 Å². The summed E-state index contributed by atoms with van der Waals surface area (Å²) in [6.45, 7) is 2.58. The van der Waals surface area contributed by atoms with Crippen molar-refractivity contribution in [3.05, 3.63) is 30.6 Å². The first-order valence-electron chi connectivity index (χ1n) is 6.91. The number of rotatable bonds is 6. The Bertz CT molecular complexity index is 636. The molecule has 0 spiro atoms. The number of nitrogens with zero attached hydrogens (tertiary/aromatic N) is 3. The summed E-state index contributed by atoms with van der Waals surface area (Å²) in [5.41, 5.74) is 1.91. The Morgan fingerprint density at radius 2 is 2.10 bits per heavy atom. The number of hydrogen-bond donors (Lipinski definition) is 0. The second-order valence-corrected chi connectivity index (χ2v) is 4.73. The van der Waals surface area contributed by atoms with Crippen LogP contribution in [-0.2, 0) is 20.9 Å². The average molecular weight is 289 g/mol. The number of imidazole rings is 1. The molecule has 2 rings (SSSR count). The van der Waals surface area contributed by atoms with E-state index in [1.165, 1.54) is 4.90 Å². The van der Waals surface area contributed by atoms with Crippen molar-refractivity contribution in [3.63, 3.8) is 0 Å². The molecule has 1 aromatic carbocycles. The van der Waals surface area contributed by atoms with Gasteiger partial charge in [-0.05, 0) is 19.1 Å². The lowest BCUT2D eigenvalue weighted by Gasteiger charge is -2.16. The van der Waals surface area contributed by atoms with Crippen LogP contribution in [-0.4, -0.2) is 46.5 Å². The van der Waals surface area contributed by atoms with E-state index in [9.17, 15) is 9.59 Å². The van der Waals surface area contributed by atoms with Crippen LogP contribution in [0, 0.1) is 0 Å². The third-order valence-electron chi connectivity index (χ3n) is 3.19. The summed E-state index contributed by atoms with van der Waals surface area (Å²) in [6, 6.07) is 7.77. The maximum absolute atomic E-state index is 12.0. The Hall–Kier alpha value is -2.37. The molecule has 6 nitrogen and oxygen atoms in total. The van der Waals surface area contributed by atoms with Gasteiger partial charge in [-0.2, -0.15) is 0 Å². The van der Waals surface area contributed by atoms with Crippen LogP contribution >= 0.6 is 0 Å². The molecule has 21 heavy (non-hydrogen) atoms. The number of carbonyl (C=O) groups is 2. The minimum atomic E-state index is -0.388. The molecule has 0 aliphatic rings. The lowest BCUT2D eigenvalue weighted by molar-refractivity contribution is -0.148. The number of fused-ring (bicyclic) bond motifs is 1. The second-order valence-electron chi connectivity index (χ2n) is 4.73. The van der Waals surface area contributed by atoms with Gasteiger partial charge in [0, 0.05) is 20.0 Å². The smallest absolute Gasteiger partial charge is 0.325 e. The second kappa shape index (κ2) is 6.88. The number of ether oxygens (including phenoxy) is 1. The summed E-state index contributed by atoms with van der Waals surface area (Å²) in [4.78, 5) is 29.0. The van der Waals surface area contributed by atoms with Crippen molar-refractivity contribution in [1.29, 1.82) is 0 Å². The van der Waals surface area contributed by atoms with Crippen LogP contribution in [0.25, 0.3) is 11.0 Å². The predicted octanol–water partition coefficient (Wildman–Crippen LogP) is 1.45. The molecule has 6 heteroatoms. The Morgan fingerprint density at radius 3 is 2.86 bits per heavy atom. The van der Waals surface area contributed by atoms with Gasteiger partial charge in [-0.15, -0.1) is 0 Å². The largest absolute Gasteiger partial charge is 0.465 e. The normalized spacial score (nSPS) is 10.6. The molecular weight excluding hydrogens is 270 g/mol. The van der Waals surface area contributed by atoms with Crippen molar-refractivity contribution in [1.82, 2.24) is 14.5 Å². The number of benzene rings is 1. The highest BCUT2D eigenvalue weighted by Crippen LogP contribution is 2.12. The van der Waals surface area contributed by atoms with Gasteiger partial charge in [0.2, 0.25) is 5.91 Å². The van der Waals surface area contributed by atoms with E-state index in [-0.39, 0.29) is 18.4 Å². The number of aryl methyl sites for hydroxylation is 1. The number of carbonyl (C=O) groups excluding carboxylic acids is 2. The minimum Gasteiger partial charge on any atom is -0.465 e. The summed E-state index contributed by atoms with van der Waals surface area (Å²) < 4.78 is 6.76. The molecule has 2 aromatic rings. The van der Waals surface area contributed by atoms with Crippen LogP contribution in [0.4, 0.5) is 0 Å². The van der Waals surface area contributed by atoms with E-state index in [1.807, 2.05) is 28.8 Å². The van der Waals surface area contributed by atoms with E-state index < -0.39 is 0 Å². The standard InChI is InChI=1S/C15H19N3O3/c1-3-21-15(20)10-17(2)14(19)8-9-18-11-16-12-6-4-5-7-13(12)18/h4-7,11H,3,8-10H2,1-2H3. The molecule has 0 fully saturated rings. The van der Waals surface area contributed by atoms with E-state index in [1.54, 1.807) is 20.3 Å². The van der Waals surface area contributed by atoms with E-state index in [2.05, 4.69) is 4.98 Å². The van der Waals surface area contributed by atoms with Crippen LogP contribution in [0.3, 0.4) is 0 Å². The molecule has 0 atom stereocenters. The molecule has 0 radical (unpaired) electrons. The Labute approximate surface area is 123 Å². The topological polar surface area (TPSA) is 64.4 Å². The number of para-hydroxylation sites is 2. The molecule has 0 aliphatic carbocycles. The number of likely N-dealkylation sites (N-methyl/N-ethyl adjacent to an activating group) is 1. The van der Waals surface area contributed by atoms with Crippen molar-refractivity contribution in [2.45, 2.75) is 19.9 Å². The van der Waals surface area contributed by atoms with E-state index >= 15 is 0 Å². The highest BCUT2D eigenvalue weighted by molar-refractivity contribution is 5.82. The quantitative estimate of drug-likeness (QED) is 0.755. The molecule has 1 aromatic heterocycles. The molecule has 0 unspecified atom stereocenters.